The molecule has 0 unspecified atom stereocenters. The number of nitrogen functional groups attached to an aromatic ring is 1. The van der Waals surface area contributed by atoms with E-state index >= 15 is 0 Å². The molecule has 0 aliphatic heterocycles. The summed E-state index contributed by atoms with van der Waals surface area (Å²) in [7, 11) is 0. The predicted molar refractivity (Wildman–Crippen MR) is 82.8 cm³/mol. The van der Waals surface area contributed by atoms with Gasteiger partial charge in [-0.15, -0.1) is 0 Å². The molecular formula is C17H12F2N4. The van der Waals surface area contributed by atoms with Crippen molar-refractivity contribution in [3.63, 3.8) is 0 Å². The lowest BCUT2D eigenvalue weighted by Crippen LogP contribution is -2.03. The van der Waals surface area contributed by atoms with Crippen molar-refractivity contribution in [1.29, 1.82) is 5.26 Å². The number of anilines is 1. The minimum absolute atomic E-state index is 0.0377. The van der Waals surface area contributed by atoms with Gasteiger partial charge < -0.3 is 5.73 Å². The molecule has 2 aromatic carbocycles. The first kappa shape index (κ1) is 14.7. The number of aryl methyl sites for hydroxylation is 1. The number of halogens is 2. The second-order valence-electron chi connectivity index (χ2n) is 5.10. The number of aromatic nitrogens is 2. The molecule has 3 rings (SSSR count). The smallest absolute Gasteiger partial charge is 0.145 e. The van der Waals surface area contributed by atoms with Crippen LogP contribution < -0.4 is 5.73 Å². The highest BCUT2D eigenvalue weighted by atomic mass is 19.1. The molecule has 2 N–H and O–H groups in total. The Labute approximate surface area is 131 Å². The molecule has 1 heterocycles. The lowest BCUT2D eigenvalue weighted by molar-refractivity contribution is 0.624. The van der Waals surface area contributed by atoms with E-state index in [4.69, 9.17) is 5.73 Å². The molecular weight excluding hydrogens is 298 g/mol. The van der Waals surface area contributed by atoms with E-state index in [-0.39, 0.29) is 22.6 Å². The molecule has 6 heteroatoms. The van der Waals surface area contributed by atoms with Crippen LogP contribution in [0, 0.1) is 29.9 Å². The van der Waals surface area contributed by atoms with Crippen LogP contribution >= 0.6 is 0 Å². The van der Waals surface area contributed by atoms with Crippen molar-refractivity contribution >= 4 is 5.82 Å². The zero-order valence-corrected chi connectivity index (χ0v) is 12.2. The van der Waals surface area contributed by atoms with Gasteiger partial charge in [-0.05, 0) is 42.8 Å². The van der Waals surface area contributed by atoms with E-state index in [9.17, 15) is 14.0 Å². The lowest BCUT2D eigenvalue weighted by Gasteiger charge is -2.05. The maximum absolute atomic E-state index is 14.0. The predicted octanol–water partition coefficient (Wildman–Crippen LogP) is 3.58. The first-order valence-corrected chi connectivity index (χ1v) is 6.82. The van der Waals surface area contributed by atoms with Crippen LogP contribution in [0.15, 0.2) is 42.5 Å². The third-order valence-electron chi connectivity index (χ3n) is 3.43. The molecule has 0 aliphatic carbocycles. The molecule has 0 spiro atoms. The van der Waals surface area contributed by atoms with Crippen LogP contribution in [0.25, 0.3) is 16.9 Å². The molecule has 0 aliphatic rings. The Balaban J connectivity index is 2.26. The maximum atomic E-state index is 14.0. The fourth-order valence-corrected chi connectivity index (χ4v) is 2.42. The molecule has 0 amide bonds. The number of rotatable bonds is 2. The fourth-order valence-electron chi connectivity index (χ4n) is 2.42. The summed E-state index contributed by atoms with van der Waals surface area (Å²) in [6.07, 6.45) is 0. The third-order valence-corrected chi connectivity index (χ3v) is 3.43. The molecule has 1 aromatic heterocycles. The third kappa shape index (κ3) is 2.53. The Bertz CT molecular complexity index is 918. The van der Waals surface area contributed by atoms with Crippen molar-refractivity contribution in [1.82, 2.24) is 9.78 Å². The second kappa shape index (κ2) is 5.54. The highest BCUT2D eigenvalue weighted by Gasteiger charge is 2.20. The SMILES string of the molecule is Cc1cc(F)cc(-n2nc(-c3ccccc3F)c(C#N)c2N)c1. The van der Waals surface area contributed by atoms with Gasteiger partial charge in [0.1, 0.15) is 34.8 Å². The summed E-state index contributed by atoms with van der Waals surface area (Å²) in [4.78, 5) is 0. The Morgan fingerprint density at radius 3 is 2.57 bits per heavy atom. The Kier molecular flexibility index (Phi) is 3.54. The first-order chi connectivity index (χ1) is 11.0. The van der Waals surface area contributed by atoms with Gasteiger partial charge in [-0.2, -0.15) is 10.4 Å². The molecule has 23 heavy (non-hydrogen) atoms. The van der Waals surface area contributed by atoms with Crippen molar-refractivity contribution in [2.45, 2.75) is 6.92 Å². The van der Waals surface area contributed by atoms with E-state index < -0.39 is 11.6 Å². The topological polar surface area (TPSA) is 67.6 Å². The number of hydrogen-bond donors (Lipinski definition) is 1. The minimum Gasteiger partial charge on any atom is -0.382 e. The molecule has 3 aromatic rings. The van der Waals surface area contributed by atoms with Gasteiger partial charge in [-0.1, -0.05) is 12.1 Å². The maximum Gasteiger partial charge on any atom is 0.145 e. The van der Waals surface area contributed by atoms with Crippen LogP contribution in [0.5, 0.6) is 0 Å². The van der Waals surface area contributed by atoms with Gasteiger partial charge >= 0.3 is 0 Å². The minimum atomic E-state index is -0.510. The highest BCUT2D eigenvalue weighted by molar-refractivity contribution is 5.74. The molecule has 0 atom stereocenters. The van der Waals surface area contributed by atoms with Crippen molar-refractivity contribution < 1.29 is 8.78 Å². The number of nitriles is 1. The largest absolute Gasteiger partial charge is 0.382 e. The van der Waals surface area contributed by atoms with E-state index in [0.29, 0.717) is 11.3 Å². The molecule has 0 saturated carbocycles. The Morgan fingerprint density at radius 2 is 1.91 bits per heavy atom. The van der Waals surface area contributed by atoms with Gasteiger partial charge in [0.15, 0.2) is 0 Å². The summed E-state index contributed by atoms with van der Waals surface area (Å²) in [5, 5.41) is 13.6. The number of nitrogens with zero attached hydrogens (tertiary/aromatic N) is 3. The monoisotopic (exact) mass is 310 g/mol. The number of benzene rings is 2. The first-order valence-electron chi connectivity index (χ1n) is 6.82. The van der Waals surface area contributed by atoms with Gasteiger partial charge in [-0.3, -0.25) is 0 Å². The summed E-state index contributed by atoms with van der Waals surface area (Å²) in [5.74, 6) is -0.916. The highest BCUT2D eigenvalue weighted by Crippen LogP contribution is 2.30. The average molecular weight is 310 g/mol. The van der Waals surface area contributed by atoms with Gasteiger partial charge in [0.25, 0.3) is 0 Å². The van der Waals surface area contributed by atoms with Crippen LogP contribution in [-0.4, -0.2) is 9.78 Å². The van der Waals surface area contributed by atoms with Crippen LogP contribution in [0.2, 0.25) is 0 Å². The number of nitrogens with two attached hydrogens (primary N) is 1. The van der Waals surface area contributed by atoms with Crippen LogP contribution in [-0.2, 0) is 0 Å². The summed E-state index contributed by atoms with van der Waals surface area (Å²) in [6, 6.07) is 12.2. The Hall–Kier alpha value is -3.20. The van der Waals surface area contributed by atoms with E-state index in [1.807, 2.05) is 6.07 Å². The van der Waals surface area contributed by atoms with Gasteiger partial charge in [0.05, 0.1) is 5.69 Å². The average Bonchev–Trinajstić information content (AvgIpc) is 2.83. The summed E-state index contributed by atoms with van der Waals surface area (Å²) in [6.45, 7) is 1.73. The van der Waals surface area contributed by atoms with Crippen molar-refractivity contribution in [2.24, 2.45) is 0 Å². The Morgan fingerprint density at radius 1 is 1.17 bits per heavy atom. The van der Waals surface area contributed by atoms with Crippen molar-refractivity contribution in [3.05, 3.63) is 65.2 Å². The zero-order valence-electron chi connectivity index (χ0n) is 12.2. The van der Waals surface area contributed by atoms with Crippen molar-refractivity contribution in [3.8, 4) is 23.0 Å². The second-order valence-corrected chi connectivity index (χ2v) is 5.10. The quantitative estimate of drug-likeness (QED) is 0.786. The van der Waals surface area contributed by atoms with E-state index in [1.165, 1.54) is 28.9 Å². The molecule has 0 radical (unpaired) electrons. The van der Waals surface area contributed by atoms with Crippen LogP contribution in [0.3, 0.4) is 0 Å². The summed E-state index contributed by atoms with van der Waals surface area (Å²) < 4.78 is 28.9. The molecule has 0 saturated heterocycles. The summed E-state index contributed by atoms with van der Waals surface area (Å²) in [5.41, 5.74) is 7.37. The van der Waals surface area contributed by atoms with Crippen LogP contribution in [0.1, 0.15) is 11.1 Å². The molecule has 0 bridgehead atoms. The molecule has 4 nitrogen and oxygen atoms in total. The van der Waals surface area contributed by atoms with Crippen molar-refractivity contribution in [2.75, 3.05) is 5.73 Å². The standard InChI is InChI=1S/C17H12F2N4/c1-10-6-11(18)8-12(7-10)23-17(21)14(9-20)16(22-23)13-4-2-3-5-15(13)19/h2-8H,21H2,1H3. The van der Waals surface area contributed by atoms with Gasteiger partial charge in [0.2, 0.25) is 0 Å². The van der Waals surface area contributed by atoms with E-state index in [2.05, 4.69) is 5.10 Å². The normalized spacial score (nSPS) is 10.5. The zero-order chi connectivity index (χ0) is 16.6. The number of hydrogen-bond acceptors (Lipinski definition) is 3. The molecule has 114 valence electrons. The van der Waals surface area contributed by atoms with Crippen LogP contribution in [0.4, 0.5) is 14.6 Å². The van der Waals surface area contributed by atoms with E-state index in [0.717, 1.165) is 0 Å². The lowest BCUT2D eigenvalue weighted by atomic mass is 10.1. The molecule has 0 fully saturated rings. The summed E-state index contributed by atoms with van der Waals surface area (Å²) >= 11 is 0. The van der Waals surface area contributed by atoms with Gasteiger partial charge in [-0.25, -0.2) is 13.5 Å². The van der Waals surface area contributed by atoms with Gasteiger partial charge in [0, 0.05) is 5.56 Å². The fraction of sp³-hybridized carbons (Fsp3) is 0.0588. The van der Waals surface area contributed by atoms with E-state index in [1.54, 1.807) is 25.1 Å².